The summed E-state index contributed by atoms with van der Waals surface area (Å²) in [4.78, 5) is 8.96. The van der Waals surface area contributed by atoms with E-state index < -0.39 is 12.6 Å². The largest absolute Gasteiger partial charge is 0.389 e. The molecule has 0 saturated carbocycles. The third-order valence-corrected chi connectivity index (χ3v) is 4.20. The van der Waals surface area contributed by atoms with E-state index in [4.69, 9.17) is 4.52 Å². The Morgan fingerprint density at radius 1 is 1.27 bits per heavy atom. The van der Waals surface area contributed by atoms with Gasteiger partial charge in [0, 0.05) is 58.3 Å². The molecule has 1 aliphatic rings. The number of halogens is 3. The van der Waals surface area contributed by atoms with Crippen LogP contribution in [-0.2, 0) is 6.54 Å². The fraction of sp³-hybridized carbons (Fsp3) is 0.765. The lowest BCUT2D eigenvalue weighted by molar-refractivity contribution is -0.135. The van der Waals surface area contributed by atoms with Crippen molar-refractivity contribution in [3.8, 4) is 0 Å². The number of aromatic nitrogens is 1. The highest BCUT2D eigenvalue weighted by Crippen LogP contribution is 2.22. The average molecular weight is 375 g/mol. The SMILES string of the molecule is CCNC(=NCCCCC(F)(F)F)N1CCN(Cc2cc(C)on2)CC1. The Labute approximate surface area is 152 Å². The predicted molar refractivity (Wildman–Crippen MR) is 94.0 cm³/mol. The minimum Gasteiger partial charge on any atom is -0.361 e. The van der Waals surface area contributed by atoms with E-state index in [2.05, 4.69) is 25.3 Å². The van der Waals surface area contributed by atoms with E-state index in [1.165, 1.54) is 0 Å². The van der Waals surface area contributed by atoms with Crippen LogP contribution in [0.4, 0.5) is 13.2 Å². The normalized spacial score (nSPS) is 17.0. The summed E-state index contributed by atoms with van der Waals surface area (Å²) in [6, 6.07) is 1.94. The highest BCUT2D eigenvalue weighted by Gasteiger charge is 2.26. The first kappa shape index (κ1) is 20.5. The van der Waals surface area contributed by atoms with Crippen LogP contribution in [-0.4, -0.2) is 66.4 Å². The first-order valence-electron chi connectivity index (χ1n) is 9.12. The summed E-state index contributed by atoms with van der Waals surface area (Å²) in [5.74, 6) is 1.60. The van der Waals surface area contributed by atoms with Gasteiger partial charge in [0.15, 0.2) is 5.96 Å². The zero-order valence-corrected chi connectivity index (χ0v) is 15.5. The predicted octanol–water partition coefficient (Wildman–Crippen LogP) is 2.80. The number of hydrogen-bond acceptors (Lipinski definition) is 4. The quantitative estimate of drug-likeness (QED) is 0.451. The second kappa shape index (κ2) is 9.80. The number of guanidine groups is 1. The minimum absolute atomic E-state index is 0.122. The van der Waals surface area contributed by atoms with Crippen LogP contribution in [0.25, 0.3) is 0 Å². The van der Waals surface area contributed by atoms with Gasteiger partial charge in [-0.3, -0.25) is 9.89 Å². The summed E-state index contributed by atoms with van der Waals surface area (Å²) < 4.78 is 41.6. The molecule has 1 aromatic rings. The maximum atomic E-state index is 12.2. The lowest BCUT2D eigenvalue weighted by Crippen LogP contribution is -2.52. The molecule has 1 N–H and O–H groups in total. The van der Waals surface area contributed by atoms with Crippen LogP contribution < -0.4 is 5.32 Å². The number of rotatable bonds is 7. The second-order valence-electron chi connectivity index (χ2n) is 6.50. The van der Waals surface area contributed by atoms with Gasteiger partial charge in [0.25, 0.3) is 0 Å². The summed E-state index contributed by atoms with van der Waals surface area (Å²) in [7, 11) is 0. The maximum absolute atomic E-state index is 12.2. The lowest BCUT2D eigenvalue weighted by Gasteiger charge is -2.36. The Morgan fingerprint density at radius 2 is 2.00 bits per heavy atom. The van der Waals surface area contributed by atoms with E-state index in [1.54, 1.807) is 0 Å². The van der Waals surface area contributed by atoms with Crippen LogP contribution in [0, 0.1) is 6.92 Å². The summed E-state index contributed by atoms with van der Waals surface area (Å²) in [6.07, 6.45) is -4.25. The van der Waals surface area contributed by atoms with Gasteiger partial charge < -0.3 is 14.7 Å². The summed E-state index contributed by atoms with van der Waals surface area (Å²) in [5.41, 5.74) is 0.932. The molecule has 148 valence electrons. The van der Waals surface area contributed by atoms with Crippen molar-refractivity contribution in [2.45, 2.75) is 45.8 Å². The van der Waals surface area contributed by atoms with Gasteiger partial charge in [-0.1, -0.05) is 5.16 Å². The third kappa shape index (κ3) is 7.23. The highest BCUT2D eigenvalue weighted by molar-refractivity contribution is 5.80. The molecule has 0 bridgehead atoms. The molecule has 0 unspecified atom stereocenters. The zero-order valence-electron chi connectivity index (χ0n) is 15.5. The van der Waals surface area contributed by atoms with Gasteiger partial charge in [0.05, 0.1) is 5.69 Å². The monoisotopic (exact) mass is 375 g/mol. The molecular formula is C17H28F3N5O. The molecule has 1 fully saturated rings. The molecule has 1 saturated heterocycles. The van der Waals surface area contributed by atoms with Crippen molar-refractivity contribution in [1.82, 2.24) is 20.3 Å². The molecule has 0 spiro atoms. The summed E-state index contributed by atoms with van der Waals surface area (Å²) >= 11 is 0. The van der Waals surface area contributed by atoms with Gasteiger partial charge in [0.2, 0.25) is 0 Å². The van der Waals surface area contributed by atoms with Crippen LogP contribution >= 0.6 is 0 Å². The zero-order chi connectivity index (χ0) is 19.0. The molecule has 1 aromatic heterocycles. The smallest absolute Gasteiger partial charge is 0.361 e. The van der Waals surface area contributed by atoms with Crippen LogP contribution in [0.1, 0.15) is 37.6 Å². The molecule has 9 heteroatoms. The number of nitrogens with zero attached hydrogens (tertiary/aromatic N) is 4. The molecule has 0 aliphatic carbocycles. The number of aryl methyl sites for hydroxylation is 1. The molecule has 26 heavy (non-hydrogen) atoms. The fourth-order valence-electron chi connectivity index (χ4n) is 2.89. The van der Waals surface area contributed by atoms with Crippen molar-refractivity contribution < 1.29 is 17.7 Å². The van der Waals surface area contributed by atoms with E-state index in [-0.39, 0.29) is 6.42 Å². The van der Waals surface area contributed by atoms with E-state index >= 15 is 0 Å². The van der Waals surface area contributed by atoms with E-state index in [9.17, 15) is 13.2 Å². The van der Waals surface area contributed by atoms with Gasteiger partial charge in [-0.2, -0.15) is 13.2 Å². The topological polar surface area (TPSA) is 56.9 Å². The molecule has 1 aliphatic heterocycles. The Balaban J connectivity index is 1.76. The van der Waals surface area contributed by atoms with E-state index in [0.29, 0.717) is 13.0 Å². The van der Waals surface area contributed by atoms with Crippen molar-refractivity contribution in [3.05, 3.63) is 17.5 Å². The van der Waals surface area contributed by atoms with Crippen molar-refractivity contribution in [1.29, 1.82) is 0 Å². The Kier molecular flexibility index (Phi) is 7.74. The van der Waals surface area contributed by atoms with Gasteiger partial charge in [-0.05, 0) is 26.7 Å². The van der Waals surface area contributed by atoms with Gasteiger partial charge in [0.1, 0.15) is 5.76 Å². The molecule has 6 nitrogen and oxygen atoms in total. The lowest BCUT2D eigenvalue weighted by atomic mass is 10.2. The average Bonchev–Trinajstić information content (AvgIpc) is 2.98. The summed E-state index contributed by atoms with van der Waals surface area (Å²) in [5, 5.41) is 7.26. The first-order chi connectivity index (χ1) is 12.4. The van der Waals surface area contributed by atoms with Crippen molar-refractivity contribution >= 4 is 5.96 Å². The van der Waals surface area contributed by atoms with Crippen LogP contribution in [0.5, 0.6) is 0 Å². The number of alkyl halides is 3. The van der Waals surface area contributed by atoms with Gasteiger partial charge >= 0.3 is 6.18 Å². The number of unbranched alkanes of at least 4 members (excludes halogenated alkanes) is 1. The second-order valence-corrected chi connectivity index (χ2v) is 6.50. The van der Waals surface area contributed by atoms with Crippen LogP contribution in [0.2, 0.25) is 0 Å². The number of nitrogens with one attached hydrogen (secondary N) is 1. The number of hydrogen-bond donors (Lipinski definition) is 1. The molecular weight excluding hydrogens is 347 g/mol. The maximum Gasteiger partial charge on any atom is 0.389 e. The van der Waals surface area contributed by atoms with Gasteiger partial charge in [-0.15, -0.1) is 0 Å². The standard InChI is InChI=1S/C17H28F3N5O/c1-3-21-16(22-7-5-4-6-17(18,19)20)25-10-8-24(9-11-25)13-15-12-14(2)26-23-15/h12H,3-11,13H2,1-2H3,(H,21,22). The van der Waals surface area contributed by atoms with Crippen LogP contribution in [0.3, 0.4) is 0 Å². The Bertz CT molecular complexity index is 565. The Hall–Kier alpha value is -1.77. The fourth-order valence-corrected chi connectivity index (χ4v) is 2.89. The molecule has 0 aromatic carbocycles. The minimum atomic E-state index is -4.08. The van der Waals surface area contributed by atoms with Crippen molar-refractivity contribution in [2.24, 2.45) is 4.99 Å². The number of piperazine rings is 1. The molecule has 2 rings (SSSR count). The molecule has 2 heterocycles. The Morgan fingerprint density at radius 3 is 2.58 bits per heavy atom. The first-order valence-corrected chi connectivity index (χ1v) is 9.12. The summed E-state index contributed by atoms with van der Waals surface area (Å²) in [6.45, 7) is 9.18. The van der Waals surface area contributed by atoms with Crippen LogP contribution in [0.15, 0.2) is 15.6 Å². The molecule has 0 radical (unpaired) electrons. The number of aliphatic imine (C=N–C) groups is 1. The third-order valence-electron chi connectivity index (χ3n) is 4.20. The molecule has 0 amide bonds. The van der Waals surface area contributed by atoms with Crippen molar-refractivity contribution in [3.63, 3.8) is 0 Å². The highest BCUT2D eigenvalue weighted by atomic mass is 19.4. The van der Waals surface area contributed by atoms with Crippen molar-refractivity contribution in [2.75, 3.05) is 39.3 Å². The van der Waals surface area contributed by atoms with E-state index in [1.807, 2.05) is 19.9 Å². The molecule has 0 atom stereocenters. The van der Waals surface area contributed by atoms with E-state index in [0.717, 1.165) is 56.7 Å². The van der Waals surface area contributed by atoms with Gasteiger partial charge in [-0.25, -0.2) is 0 Å².